The molecule has 38 heavy (non-hydrogen) atoms. The van der Waals surface area contributed by atoms with E-state index in [1.807, 2.05) is 66.7 Å². The zero-order valence-corrected chi connectivity index (χ0v) is 25.8. The fourth-order valence-corrected chi connectivity index (χ4v) is 4.32. The average Bonchev–Trinajstić information content (AvgIpc) is 2.75. The number of amides is 3. The van der Waals surface area contributed by atoms with Crippen LogP contribution >= 0.6 is 0 Å². The fourth-order valence-electron chi connectivity index (χ4n) is 4.32. The van der Waals surface area contributed by atoms with Gasteiger partial charge in [-0.3, -0.25) is 9.59 Å². The topological polar surface area (TPSA) is 87.7 Å². The minimum atomic E-state index is -0.837. The Morgan fingerprint density at radius 1 is 0.947 bits per heavy atom. The number of nitrogens with one attached hydrogen (secondary N) is 2. The Labute approximate surface area is 231 Å². The van der Waals surface area contributed by atoms with Gasteiger partial charge in [0.05, 0.1) is 0 Å². The highest BCUT2D eigenvalue weighted by molar-refractivity contribution is 5.92. The number of carbonyl (C=O) groups is 3. The predicted molar refractivity (Wildman–Crippen MR) is 155 cm³/mol. The van der Waals surface area contributed by atoms with Crippen LogP contribution in [0.5, 0.6) is 0 Å². The van der Waals surface area contributed by atoms with Crippen LogP contribution in [-0.2, 0) is 14.3 Å². The zero-order chi connectivity index (χ0) is 29.3. The fraction of sp³-hybridized carbons (Fsp3) is 0.710. The highest BCUT2D eigenvalue weighted by Gasteiger charge is 2.38. The first-order valence-electron chi connectivity index (χ1n) is 14.2. The van der Waals surface area contributed by atoms with Crippen molar-refractivity contribution in [2.75, 3.05) is 6.54 Å². The first kappa shape index (κ1) is 33.5. The summed E-state index contributed by atoms with van der Waals surface area (Å²) in [6, 6.07) is 4.33. The van der Waals surface area contributed by atoms with Crippen molar-refractivity contribution in [3.05, 3.63) is 34.9 Å². The molecule has 3 amide bonds. The molecule has 2 atom stereocenters. The normalized spacial score (nSPS) is 13.6. The number of hydrogen-bond donors (Lipinski definition) is 2. The van der Waals surface area contributed by atoms with Crippen LogP contribution in [0.1, 0.15) is 117 Å². The van der Waals surface area contributed by atoms with Gasteiger partial charge in [-0.05, 0) is 78.9 Å². The van der Waals surface area contributed by atoms with E-state index in [-0.39, 0.29) is 17.7 Å². The lowest BCUT2D eigenvalue weighted by Gasteiger charge is -2.37. The molecular weight excluding hydrogens is 478 g/mol. The summed E-state index contributed by atoms with van der Waals surface area (Å²) in [5.74, 6) is -0.716. The van der Waals surface area contributed by atoms with Gasteiger partial charge in [-0.2, -0.15) is 0 Å². The van der Waals surface area contributed by atoms with Crippen LogP contribution in [0.15, 0.2) is 18.2 Å². The lowest BCUT2D eigenvalue weighted by Crippen LogP contribution is -2.56. The number of unbranched alkanes of at least 4 members (excludes halogenated alkanes) is 4. The van der Waals surface area contributed by atoms with Crippen LogP contribution in [0.2, 0.25) is 0 Å². The maximum Gasteiger partial charge on any atom is 0.408 e. The first-order chi connectivity index (χ1) is 17.5. The maximum absolute atomic E-state index is 14.3. The third-order valence-corrected chi connectivity index (χ3v) is 6.18. The monoisotopic (exact) mass is 531 g/mol. The highest BCUT2D eigenvalue weighted by Crippen LogP contribution is 2.29. The summed E-state index contributed by atoms with van der Waals surface area (Å²) in [6.45, 7) is 21.5. The lowest BCUT2D eigenvalue weighted by molar-refractivity contribution is -0.144. The van der Waals surface area contributed by atoms with Crippen molar-refractivity contribution in [2.24, 2.45) is 5.92 Å². The van der Waals surface area contributed by atoms with Crippen LogP contribution in [0, 0.1) is 19.8 Å². The van der Waals surface area contributed by atoms with Gasteiger partial charge < -0.3 is 20.3 Å². The molecule has 0 aliphatic heterocycles. The Hall–Kier alpha value is -2.57. The molecule has 0 aromatic heterocycles. The molecule has 0 bridgehead atoms. The Morgan fingerprint density at radius 2 is 1.55 bits per heavy atom. The van der Waals surface area contributed by atoms with Crippen molar-refractivity contribution in [1.82, 2.24) is 15.5 Å². The average molecular weight is 532 g/mol. The highest BCUT2D eigenvalue weighted by atomic mass is 16.6. The van der Waals surface area contributed by atoms with E-state index in [1.165, 1.54) is 0 Å². The van der Waals surface area contributed by atoms with Crippen molar-refractivity contribution >= 4 is 17.9 Å². The molecule has 216 valence electrons. The third-order valence-electron chi connectivity index (χ3n) is 6.18. The number of nitrogens with zero attached hydrogens (tertiary/aromatic N) is 1. The summed E-state index contributed by atoms with van der Waals surface area (Å²) in [6.07, 6.45) is 4.42. The molecule has 0 saturated carbocycles. The molecule has 7 nitrogen and oxygen atoms in total. The molecule has 0 saturated heterocycles. The Bertz CT molecular complexity index is 928. The minimum Gasteiger partial charge on any atom is -0.444 e. The summed E-state index contributed by atoms with van der Waals surface area (Å²) in [5, 5.41) is 5.91. The standard InChI is InChI=1S/C31H53N3O4/c1-12-13-14-15-16-19-34(28(36)25(21(2)3)32-29(37)38-31(9,10)11)26(27(35)33-30(6,7)8)24-20-22(4)17-18-23(24)5/h17-18,20-21,25-26H,12-16,19H2,1-11H3,(H,32,37)(H,33,35). The van der Waals surface area contributed by atoms with E-state index in [2.05, 4.69) is 17.6 Å². The number of rotatable bonds is 12. The number of carbonyl (C=O) groups excluding carboxylic acids is 3. The Kier molecular flexibility index (Phi) is 12.8. The number of benzene rings is 1. The quantitative estimate of drug-likeness (QED) is 0.297. The van der Waals surface area contributed by atoms with Gasteiger partial charge >= 0.3 is 6.09 Å². The summed E-state index contributed by atoms with van der Waals surface area (Å²) in [7, 11) is 0. The van der Waals surface area contributed by atoms with E-state index in [0.717, 1.165) is 48.8 Å². The van der Waals surface area contributed by atoms with Crippen LogP contribution in [0.4, 0.5) is 4.79 Å². The van der Waals surface area contributed by atoms with Crippen LogP contribution < -0.4 is 10.6 Å². The molecule has 0 heterocycles. The van der Waals surface area contributed by atoms with E-state index in [0.29, 0.717) is 6.54 Å². The van der Waals surface area contributed by atoms with E-state index >= 15 is 0 Å². The van der Waals surface area contributed by atoms with E-state index in [1.54, 1.807) is 25.7 Å². The van der Waals surface area contributed by atoms with Crippen molar-refractivity contribution in [2.45, 2.75) is 131 Å². The molecule has 0 aliphatic rings. The lowest BCUT2D eigenvalue weighted by atomic mass is 9.93. The van der Waals surface area contributed by atoms with Crippen LogP contribution in [0.3, 0.4) is 0 Å². The smallest absolute Gasteiger partial charge is 0.408 e. The third kappa shape index (κ3) is 11.4. The van der Waals surface area contributed by atoms with E-state index in [4.69, 9.17) is 4.74 Å². The largest absolute Gasteiger partial charge is 0.444 e. The van der Waals surface area contributed by atoms with E-state index in [9.17, 15) is 14.4 Å². The molecular formula is C31H53N3O4. The number of alkyl carbamates (subject to hydrolysis) is 1. The van der Waals surface area contributed by atoms with Gasteiger partial charge in [0.25, 0.3) is 0 Å². The van der Waals surface area contributed by atoms with Crippen molar-refractivity contribution in [1.29, 1.82) is 0 Å². The van der Waals surface area contributed by atoms with Gasteiger partial charge in [0.1, 0.15) is 17.7 Å². The SMILES string of the molecule is CCCCCCCN(C(=O)C(NC(=O)OC(C)(C)C)C(C)C)C(C(=O)NC(C)(C)C)c1cc(C)ccc1C. The molecule has 0 aliphatic carbocycles. The molecule has 7 heteroatoms. The molecule has 2 N–H and O–H groups in total. The Morgan fingerprint density at radius 3 is 2.08 bits per heavy atom. The van der Waals surface area contributed by atoms with Gasteiger partial charge in [0.15, 0.2) is 0 Å². The molecule has 1 rings (SSSR count). The van der Waals surface area contributed by atoms with E-state index < -0.39 is 29.3 Å². The second-order valence-electron chi connectivity index (χ2n) is 12.8. The number of hydrogen-bond acceptors (Lipinski definition) is 4. The minimum absolute atomic E-state index is 0.206. The van der Waals surface area contributed by atoms with Gasteiger partial charge in [0.2, 0.25) is 11.8 Å². The molecule has 0 radical (unpaired) electrons. The van der Waals surface area contributed by atoms with Gasteiger partial charge in [-0.15, -0.1) is 0 Å². The molecule has 0 fully saturated rings. The number of aryl methyl sites for hydroxylation is 2. The van der Waals surface area contributed by atoms with Crippen molar-refractivity contribution < 1.29 is 19.1 Å². The second-order valence-corrected chi connectivity index (χ2v) is 12.8. The Balaban J connectivity index is 3.56. The van der Waals surface area contributed by atoms with Crippen LogP contribution in [0.25, 0.3) is 0 Å². The molecule has 2 unspecified atom stereocenters. The maximum atomic E-state index is 14.3. The van der Waals surface area contributed by atoms with Crippen LogP contribution in [-0.4, -0.2) is 46.5 Å². The van der Waals surface area contributed by atoms with Crippen molar-refractivity contribution in [3.63, 3.8) is 0 Å². The summed E-state index contributed by atoms with van der Waals surface area (Å²) in [5.41, 5.74) is 1.58. The van der Waals surface area contributed by atoms with Gasteiger partial charge in [-0.25, -0.2) is 4.79 Å². The second kappa shape index (κ2) is 14.5. The summed E-state index contributed by atoms with van der Waals surface area (Å²) < 4.78 is 5.47. The van der Waals surface area contributed by atoms with Gasteiger partial charge in [-0.1, -0.05) is 70.2 Å². The zero-order valence-electron chi connectivity index (χ0n) is 25.8. The van der Waals surface area contributed by atoms with Gasteiger partial charge in [0, 0.05) is 12.1 Å². The van der Waals surface area contributed by atoms with Crippen molar-refractivity contribution in [3.8, 4) is 0 Å². The number of ether oxygens (including phenoxy) is 1. The molecule has 0 spiro atoms. The molecule has 1 aromatic carbocycles. The molecule has 1 aromatic rings. The summed E-state index contributed by atoms with van der Waals surface area (Å²) in [4.78, 5) is 42.5. The summed E-state index contributed by atoms with van der Waals surface area (Å²) >= 11 is 0. The first-order valence-corrected chi connectivity index (χ1v) is 14.2. The predicted octanol–water partition coefficient (Wildman–Crippen LogP) is 6.61.